The second kappa shape index (κ2) is 8.53. The van der Waals surface area contributed by atoms with E-state index in [0.717, 1.165) is 4.47 Å². The predicted molar refractivity (Wildman–Crippen MR) is 113 cm³/mol. The summed E-state index contributed by atoms with van der Waals surface area (Å²) in [4.78, 5) is 26.9. The molecule has 2 aromatic carbocycles. The Balaban J connectivity index is 2.21. The summed E-state index contributed by atoms with van der Waals surface area (Å²) in [5.74, 6) is -0.694. The van der Waals surface area contributed by atoms with E-state index in [1.807, 2.05) is 0 Å². The van der Waals surface area contributed by atoms with Gasteiger partial charge in [-0.05, 0) is 29.8 Å². The minimum atomic E-state index is -0.781. The number of rotatable bonds is 6. The number of Topliss-reactive ketones (excluding diaryl/α,β-unsaturated/α-hetero) is 1. The van der Waals surface area contributed by atoms with Crippen molar-refractivity contribution < 1.29 is 24.2 Å². The van der Waals surface area contributed by atoms with Gasteiger partial charge < -0.3 is 19.5 Å². The fraction of sp³-hybridized carbons (Fsp3) is 0.182. The maximum Gasteiger partial charge on any atom is 0.295 e. The summed E-state index contributed by atoms with van der Waals surface area (Å²) >= 11 is 3.34. The van der Waals surface area contributed by atoms with Crippen LogP contribution in [0.1, 0.15) is 17.2 Å². The van der Waals surface area contributed by atoms with Gasteiger partial charge >= 0.3 is 0 Å². The molecule has 150 valence electrons. The first-order chi connectivity index (χ1) is 13.9. The summed E-state index contributed by atoms with van der Waals surface area (Å²) in [7, 11) is 3.03. The Labute approximate surface area is 177 Å². The minimum absolute atomic E-state index is 0.0198. The number of amides is 1. The minimum Gasteiger partial charge on any atom is -0.507 e. The van der Waals surface area contributed by atoms with Crippen molar-refractivity contribution in [3.05, 3.63) is 76.3 Å². The van der Waals surface area contributed by atoms with E-state index in [-0.39, 0.29) is 17.9 Å². The van der Waals surface area contributed by atoms with Crippen molar-refractivity contribution >= 4 is 33.4 Å². The van der Waals surface area contributed by atoms with Crippen molar-refractivity contribution in [1.29, 1.82) is 0 Å². The zero-order valence-electron chi connectivity index (χ0n) is 16.0. The van der Waals surface area contributed by atoms with Crippen LogP contribution in [-0.4, -0.2) is 42.5 Å². The summed E-state index contributed by atoms with van der Waals surface area (Å²) in [6.07, 6.45) is 1.54. The number of ketones is 1. The van der Waals surface area contributed by atoms with E-state index in [1.165, 1.54) is 19.1 Å². The van der Waals surface area contributed by atoms with E-state index in [4.69, 9.17) is 9.47 Å². The van der Waals surface area contributed by atoms with Crippen molar-refractivity contribution in [3.63, 3.8) is 0 Å². The van der Waals surface area contributed by atoms with Crippen LogP contribution in [0.15, 0.2) is 65.2 Å². The van der Waals surface area contributed by atoms with Crippen molar-refractivity contribution in [2.45, 2.75) is 6.04 Å². The lowest BCUT2D eigenvalue weighted by Crippen LogP contribution is -2.29. The number of carbonyl (C=O) groups is 2. The van der Waals surface area contributed by atoms with Gasteiger partial charge in [0.1, 0.15) is 5.76 Å². The molecule has 29 heavy (non-hydrogen) atoms. The summed E-state index contributed by atoms with van der Waals surface area (Å²) in [5, 5.41) is 10.9. The van der Waals surface area contributed by atoms with Crippen LogP contribution >= 0.6 is 15.9 Å². The fourth-order valence-electron chi connectivity index (χ4n) is 3.34. The van der Waals surface area contributed by atoms with Crippen LogP contribution in [0.4, 0.5) is 0 Å². The zero-order valence-corrected chi connectivity index (χ0v) is 17.6. The number of benzene rings is 2. The molecule has 1 saturated heterocycles. The number of carbonyl (C=O) groups excluding carboxylic acids is 2. The van der Waals surface area contributed by atoms with E-state index < -0.39 is 17.7 Å². The van der Waals surface area contributed by atoms with Gasteiger partial charge in [-0.3, -0.25) is 9.59 Å². The third-order valence-corrected chi connectivity index (χ3v) is 5.24. The third-order valence-electron chi connectivity index (χ3n) is 4.71. The van der Waals surface area contributed by atoms with Crippen LogP contribution in [0.2, 0.25) is 0 Å². The molecule has 0 unspecified atom stereocenters. The molecule has 0 spiro atoms. The average Bonchev–Trinajstić information content (AvgIpc) is 2.98. The summed E-state index contributed by atoms with van der Waals surface area (Å²) in [6.45, 7) is 3.83. The van der Waals surface area contributed by atoms with Crippen molar-refractivity contribution in [2.75, 3.05) is 20.8 Å². The Hall–Kier alpha value is -3.06. The smallest absolute Gasteiger partial charge is 0.295 e. The first-order valence-corrected chi connectivity index (χ1v) is 9.59. The largest absolute Gasteiger partial charge is 0.507 e. The molecule has 7 heteroatoms. The van der Waals surface area contributed by atoms with Crippen LogP contribution < -0.4 is 9.47 Å². The molecule has 1 aliphatic heterocycles. The number of halogens is 1. The Kier molecular flexibility index (Phi) is 6.08. The molecule has 0 bridgehead atoms. The number of methoxy groups -OCH3 is 2. The number of nitrogens with zero attached hydrogens (tertiary/aromatic N) is 1. The summed E-state index contributed by atoms with van der Waals surface area (Å²) in [6, 6.07) is 11.2. The molecule has 1 amide bonds. The van der Waals surface area contributed by atoms with E-state index in [2.05, 4.69) is 22.5 Å². The van der Waals surface area contributed by atoms with Crippen LogP contribution in [0.5, 0.6) is 11.5 Å². The first-order valence-electron chi connectivity index (χ1n) is 8.80. The topological polar surface area (TPSA) is 76.1 Å². The van der Waals surface area contributed by atoms with E-state index in [9.17, 15) is 14.7 Å². The molecule has 1 N–H and O–H groups in total. The lowest BCUT2D eigenvalue weighted by atomic mass is 9.95. The lowest BCUT2D eigenvalue weighted by Gasteiger charge is -2.24. The maximum absolute atomic E-state index is 12.8. The van der Waals surface area contributed by atoms with Crippen LogP contribution in [-0.2, 0) is 9.59 Å². The number of aliphatic hydroxyl groups is 1. The van der Waals surface area contributed by atoms with Crippen molar-refractivity contribution in [1.82, 2.24) is 4.90 Å². The SMILES string of the molecule is C=CCN1C(=O)C(=O)/C(=C(/O)c2ccc(Br)cc2)[C@H]1c1ccc(OC)c(OC)c1. The van der Waals surface area contributed by atoms with Gasteiger partial charge in [-0.1, -0.05) is 40.2 Å². The zero-order chi connectivity index (χ0) is 21.1. The highest BCUT2D eigenvalue weighted by molar-refractivity contribution is 9.10. The van der Waals surface area contributed by atoms with Gasteiger partial charge in [-0.2, -0.15) is 0 Å². The molecule has 1 fully saturated rings. The monoisotopic (exact) mass is 457 g/mol. The molecule has 0 saturated carbocycles. The van der Waals surface area contributed by atoms with Crippen molar-refractivity contribution in [3.8, 4) is 11.5 Å². The van der Waals surface area contributed by atoms with Gasteiger partial charge in [0, 0.05) is 16.6 Å². The summed E-state index contributed by atoms with van der Waals surface area (Å²) in [5.41, 5.74) is 1.07. The van der Waals surface area contributed by atoms with Gasteiger partial charge in [0.15, 0.2) is 11.5 Å². The van der Waals surface area contributed by atoms with E-state index in [0.29, 0.717) is 22.6 Å². The van der Waals surface area contributed by atoms with Crippen molar-refractivity contribution in [2.24, 2.45) is 0 Å². The Morgan fingerprint density at radius 2 is 1.79 bits per heavy atom. The van der Waals surface area contributed by atoms with Gasteiger partial charge in [-0.15, -0.1) is 6.58 Å². The summed E-state index contributed by atoms with van der Waals surface area (Å²) < 4.78 is 11.5. The Morgan fingerprint density at radius 3 is 2.38 bits per heavy atom. The second-order valence-corrected chi connectivity index (χ2v) is 7.28. The Morgan fingerprint density at radius 1 is 1.14 bits per heavy atom. The Bertz CT molecular complexity index is 997. The molecule has 0 radical (unpaired) electrons. The first kappa shape index (κ1) is 20.7. The maximum atomic E-state index is 12.8. The van der Waals surface area contributed by atoms with Gasteiger partial charge in [0.05, 0.1) is 25.8 Å². The standard InChI is InChI=1S/C22H20BrNO5/c1-4-11-24-19(14-7-10-16(28-2)17(12-14)29-3)18(21(26)22(24)27)20(25)13-5-8-15(23)9-6-13/h4-10,12,19,25H,1,11H2,2-3H3/b20-18+/t19-/m1/s1. The molecule has 6 nitrogen and oxygen atoms in total. The highest BCUT2D eigenvalue weighted by Crippen LogP contribution is 2.41. The van der Waals surface area contributed by atoms with Gasteiger partial charge in [0.2, 0.25) is 0 Å². The third kappa shape index (κ3) is 3.78. The normalized spacial score (nSPS) is 18.0. The molecular weight excluding hydrogens is 438 g/mol. The van der Waals surface area contributed by atoms with Gasteiger partial charge in [0.25, 0.3) is 11.7 Å². The molecule has 1 aliphatic rings. The molecule has 3 rings (SSSR count). The highest BCUT2D eigenvalue weighted by atomic mass is 79.9. The predicted octanol–water partition coefficient (Wildman–Crippen LogP) is 4.07. The molecule has 1 heterocycles. The molecule has 0 aliphatic carbocycles. The van der Waals surface area contributed by atoms with Crippen LogP contribution in [0, 0.1) is 0 Å². The van der Waals surface area contributed by atoms with Crippen LogP contribution in [0.3, 0.4) is 0 Å². The van der Waals surface area contributed by atoms with Gasteiger partial charge in [-0.25, -0.2) is 0 Å². The number of likely N-dealkylation sites (tertiary alicyclic amines) is 1. The van der Waals surface area contributed by atoms with E-state index in [1.54, 1.807) is 48.5 Å². The fourth-order valence-corrected chi connectivity index (χ4v) is 3.60. The second-order valence-electron chi connectivity index (χ2n) is 6.36. The lowest BCUT2D eigenvalue weighted by molar-refractivity contribution is -0.139. The number of aliphatic hydroxyl groups excluding tert-OH is 1. The average molecular weight is 458 g/mol. The molecule has 2 aromatic rings. The quantitative estimate of drug-likeness (QED) is 0.306. The number of ether oxygens (including phenoxy) is 2. The van der Waals surface area contributed by atoms with Crippen LogP contribution in [0.25, 0.3) is 5.76 Å². The molecule has 0 aromatic heterocycles. The van der Waals surface area contributed by atoms with E-state index >= 15 is 0 Å². The molecular formula is C22H20BrNO5. The number of hydrogen-bond donors (Lipinski definition) is 1. The molecule has 1 atom stereocenters. The number of hydrogen-bond acceptors (Lipinski definition) is 5. The highest BCUT2D eigenvalue weighted by Gasteiger charge is 2.45.